The molecule has 0 unspecified atom stereocenters. The highest BCUT2D eigenvalue weighted by Crippen LogP contribution is 2.29. The molecule has 2 nitrogen and oxygen atoms in total. The van der Waals surface area contributed by atoms with E-state index in [9.17, 15) is 8.78 Å². The van der Waals surface area contributed by atoms with E-state index in [0.29, 0.717) is 16.4 Å². The van der Waals surface area contributed by atoms with Gasteiger partial charge in [-0.1, -0.05) is 12.1 Å². The van der Waals surface area contributed by atoms with E-state index in [-0.39, 0.29) is 0 Å². The first-order chi connectivity index (χ1) is 10.1. The zero-order valence-corrected chi connectivity index (χ0v) is 12.0. The molecule has 3 rings (SSSR count). The molecule has 0 bridgehead atoms. The monoisotopic (exact) mass is 302 g/mol. The van der Waals surface area contributed by atoms with Gasteiger partial charge in [0.05, 0.1) is 5.69 Å². The van der Waals surface area contributed by atoms with E-state index in [0.717, 1.165) is 17.3 Å². The highest BCUT2D eigenvalue weighted by molar-refractivity contribution is 7.14. The number of thiazole rings is 1. The molecule has 5 heteroatoms. The van der Waals surface area contributed by atoms with Crippen LogP contribution in [0, 0.1) is 18.6 Å². The number of hydrogen-bond donors (Lipinski definition) is 1. The lowest BCUT2D eigenvalue weighted by Crippen LogP contribution is -1.91. The van der Waals surface area contributed by atoms with E-state index < -0.39 is 11.6 Å². The van der Waals surface area contributed by atoms with Crippen molar-refractivity contribution in [1.29, 1.82) is 0 Å². The summed E-state index contributed by atoms with van der Waals surface area (Å²) in [7, 11) is 0. The second-order valence-corrected chi connectivity index (χ2v) is 5.51. The SMILES string of the molecule is Cc1cccc(Nc2nc(-c3ccc(F)cc3F)cs2)c1. The fourth-order valence-corrected chi connectivity index (χ4v) is 2.73. The van der Waals surface area contributed by atoms with Crippen molar-refractivity contribution in [1.82, 2.24) is 4.98 Å². The van der Waals surface area contributed by atoms with Crippen molar-refractivity contribution in [3.8, 4) is 11.3 Å². The predicted octanol–water partition coefficient (Wildman–Crippen LogP) is 5.14. The largest absolute Gasteiger partial charge is 0.332 e. The van der Waals surface area contributed by atoms with E-state index in [1.165, 1.54) is 23.5 Å². The Balaban J connectivity index is 1.86. The van der Waals surface area contributed by atoms with Gasteiger partial charge >= 0.3 is 0 Å². The van der Waals surface area contributed by atoms with Crippen LogP contribution in [0.5, 0.6) is 0 Å². The minimum atomic E-state index is -0.609. The van der Waals surface area contributed by atoms with Crippen LogP contribution >= 0.6 is 11.3 Å². The van der Waals surface area contributed by atoms with Crippen molar-refractivity contribution >= 4 is 22.2 Å². The van der Waals surface area contributed by atoms with Crippen LogP contribution < -0.4 is 5.32 Å². The molecule has 21 heavy (non-hydrogen) atoms. The summed E-state index contributed by atoms with van der Waals surface area (Å²) < 4.78 is 26.7. The molecule has 0 spiro atoms. The highest BCUT2D eigenvalue weighted by Gasteiger charge is 2.10. The summed E-state index contributed by atoms with van der Waals surface area (Å²) in [5, 5.41) is 5.59. The second-order valence-electron chi connectivity index (χ2n) is 4.66. The van der Waals surface area contributed by atoms with Crippen LogP contribution in [0.15, 0.2) is 47.8 Å². The number of aryl methyl sites for hydroxylation is 1. The molecular weight excluding hydrogens is 290 g/mol. The van der Waals surface area contributed by atoms with Crippen LogP contribution in [0.3, 0.4) is 0 Å². The molecule has 1 N–H and O–H groups in total. The average Bonchev–Trinajstić information content (AvgIpc) is 2.87. The van der Waals surface area contributed by atoms with Crippen molar-refractivity contribution in [2.75, 3.05) is 5.32 Å². The third-order valence-electron chi connectivity index (χ3n) is 2.98. The van der Waals surface area contributed by atoms with Gasteiger partial charge in [0.2, 0.25) is 0 Å². The molecule has 0 radical (unpaired) electrons. The molecule has 3 aromatic rings. The lowest BCUT2D eigenvalue weighted by atomic mass is 10.1. The summed E-state index contributed by atoms with van der Waals surface area (Å²) in [6.07, 6.45) is 0. The predicted molar refractivity (Wildman–Crippen MR) is 81.9 cm³/mol. The zero-order valence-electron chi connectivity index (χ0n) is 11.2. The van der Waals surface area contributed by atoms with Gasteiger partial charge in [0, 0.05) is 22.7 Å². The lowest BCUT2D eigenvalue weighted by Gasteiger charge is -2.03. The first kappa shape index (κ1) is 13.7. The quantitative estimate of drug-likeness (QED) is 0.724. The van der Waals surface area contributed by atoms with Gasteiger partial charge in [-0.25, -0.2) is 13.8 Å². The van der Waals surface area contributed by atoms with Gasteiger partial charge < -0.3 is 5.32 Å². The smallest absolute Gasteiger partial charge is 0.187 e. The Morgan fingerprint density at radius 1 is 1.10 bits per heavy atom. The van der Waals surface area contributed by atoms with Crippen LogP contribution in [0.2, 0.25) is 0 Å². The van der Waals surface area contributed by atoms with Crippen molar-refractivity contribution in [3.05, 3.63) is 65.0 Å². The third kappa shape index (κ3) is 3.08. The molecular formula is C16H12F2N2S. The minimum Gasteiger partial charge on any atom is -0.332 e. The Labute approximate surface area is 125 Å². The van der Waals surface area contributed by atoms with Gasteiger partial charge in [-0.15, -0.1) is 11.3 Å². The van der Waals surface area contributed by atoms with E-state index in [4.69, 9.17) is 0 Å². The summed E-state index contributed by atoms with van der Waals surface area (Å²) >= 11 is 1.38. The number of hydrogen-bond acceptors (Lipinski definition) is 3. The van der Waals surface area contributed by atoms with Crippen LogP contribution in [-0.4, -0.2) is 4.98 Å². The summed E-state index contributed by atoms with van der Waals surface area (Å²) in [5.41, 5.74) is 2.86. The molecule has 0 aliphatic heterocycles. The van der Waals surface area contributed by atoms with Gasteiger partial charge in [0.25, 0.3) is 0 Å². The first-order valence-corrected chi connectivity index (χ1v) is 7.24. The Kier molecular flexibility index (Phi) is 3.66. The minimum absolute atomic E-state index is 0.296. The van der Waals surface area contributed by atoms with Crippen molar-refractivity contribution in [3.63, 3.8) is 0 Å². The topological polar surface area (TPSA) is 24.9 Å². The summed E-state index contributed by atoms with van der Waals surface area (Å²) in [6, 6.07) is 11.4. The van der Waals surface area contributed by atoms with Gasteiger partial charge in [-0.2, -0.15) is 0 Å². The molecule has 0 fully saturated rings. The fraction of sp³-hybridized carbons (Fsp3) is 0.0625. The van der Waals surface area contributed by atoms with Crippen LogP contribution in [0.1, 0.15) is 5.56 Å². The number of nitrogens with one attached hydrogen (secondary N) is 1. The van der Waals surface area contributed by atoms with Crippen LogP contribution in [0.25, 0.3) is 11.3 Å². The summed E-state index contributed by atoms with van der Waals surface area (Å²) in [4.78, 5) is 4.34. The third-order valence-corrected chi connectivity index (χ3v) is 3.74. The number of nitrogens with zero attached hydrogens (tertiary/aromatic N) is 1. The van der Waals surface area contributed by atoms with Crippen molar-refractivity contribution in [2.24, 2.45) is 0 Å². The van der Waals surface area contributed by atoms with Gasteiger partial charge in [0.15, 0.2) is 5.13 Å². The molecule has 0 aliphatic carbocycles. The Morgan fingerprint density at radius 3 is 2.71 bits per heavy atom. The number of aromatic nitrogens is 1. The standard InChI is InChI=1S/C16H12F2N2S/c1-10-3-2-4-12(7-10)19-16-20-15(9-21-16)13-6-5-11(17)8-14(13)18/h2-9H,1H3,(H,19,20). The maximum Gasteiger partial charge on any atom is 0.187 e. The van der Waals surface area contributed by atoms with E-state index >= 15 is 0 Å². The second kappa shape index (κ2) is 5.61. The first-order valence-electron chi connectivity index (χ1n) is 6.36. The molecule has 1 aromatic heterocycles. The molecule has 0 amide bonds. The average molecular weight is 302 g/mol. The summed E-state index contributed by atoms with van der Waals surface area (Å²) in [5.74, 6) is -1.20. The molecule has 0 aliphatic rings. The molecule has 0 saturated heterocycles. The lowest BCUT2D eigenvalue weighted by molar-refractivity contribution is 0.585. The number of anilines is 2. The highest BCUT2D eigenvalue weighted by atomic mass is 32.1. The van der Waals surface area contributed by atoms with Crippen molar-refractivity contribution in [2.45, 2.75) is 6.92 Å². The molecule has 106 valence electrons. The van der Waals surface area contributed by atoms with E-state index in [1.807, 2.05) is 31.2 Å². The number of halogens is 2. The molecule has 0 atom stereocenters. The molecule has 1 heterocycles. The zero-order chi connectivity index (χ0) is 14.8. The van der Waals surface area contributed by atoms with Crippen molar-refractivity contribution < 1.29 is 8.78 Å². The van der Waals surface area contributed by atoms with E-state index in [2.05, 4.69) is 10.3 Å². The van der Waals surface area contributed by atoms with Gasteiger partial charge in [-0.05, 0) is 36.8 Å². The van der Waals surface area contributed by atoms with Gasteiger partial charge in [-0.3, -0.25) is 0 Å². The fourth-order valence-electron chi connectivity index (χ4n) is 2.00. The number of rotatable bonds is 3. The maximum absolute atomic E-state index is 13.7. The summed E-state index contributed by atoms with van der Waals surface area (Å²) in [6.45, 7) is 2.01. The maximum atomic E-state index is 13.7. The Bertz CT molecular complexity index is 783. The molecule has 2 aromatic carbocycles. The molecule has 0 saturated carbocycles. The Morgan fingerprint density at radius 2 is 1.95 bits per heavy atom. The normalized spacial score (nSPS) is 10.6. The van der Waals surface area contributed by atoms with Crippen LogP contribution in [-0.2, 0) is 0 Å². The van der Waals surface area contributed by atoms with E-state index in [1.54, 1.807) is 5.38 Å². The van der Waals surface area contributed by atoms with Crippen LogP contribution in [0.4, 0.5) is 19.6 Å². The number of benzene rings is 2. The van der Waals surface area contributed by atoms with Gasteiger partial charge in [0.1, 0.15) is 11.6 Å². The Hall–Kier alpha value is -2.27.